The lowest BCUT2D eigenvalue weighted by molar-refractivity contribution is -0.274. The number of hydrogen-bond acceptors (Lipinski definition) is 4. The molecule has 0 fully saturated rings. The molecular weight excluding hydrogens is 326 g/mol. The van der Waals surface area contributed by atoms with E-state index < -0.39 is 29.6 Å². The van der Waals surface area contributed by atoms with Crippen molar-refractivity contribution < 1.29 is 31.8 Å². The highest BCUT2D eigenvalue weighted by Crippen LogP contribution is 2.29. The highest BCUT2D eigenvalue weighted by atomic mass is 79.9. The van der Waals surface area contributed by atoms with Gasteiger partial charge in [0.25, 0.3) is 0 Å². The fraction of sp³-hybridized carbons (Fsp3) is 0.333. The van der Waals surface area contributed by atoms with Gasteiger partial charge < -0.3 is 9.47 Å². The smallest absolute Gasteiger partial charge is 0.465 e. The Hall–Kier alpha value is -1.38. The maximum absolute atomic E-state index is 13.4. The zero-order valence-electron chi connectivity index (χ0n) is 8.85. The number of pyridine rings is 1. The molecule has 0 atom stereocenters. The van der Waals surface area contributed by atoms with E-state index >= 15 is 0 Å². The standard InChI is InChI=1S/C9H6BrF4NO3/c1-17-8(16)6-5(18-9(12,13)14)2-4(3-10)15-7(6)11/h2H,3H2,1H3. The third-order valence-corrected chi connectivity index (χ3v) is 2.32. The summed E-state index contributed by atoms with van der Waals surface area (Å²) in [5, 5.41) is -0.000407. The summed E-state index contributed by atoms with van der Waals surface area (Å²) in [6, 6.07) is 0.803. The molecule has 1 rings (SSSR count). The largest absolute Gasteiger partial charge is 0.573 e. The molecule has 0 spiro atoms. The molecule has 0 N–H and O–H groups in total. The van der Waals surface area contributed by atoms with E-state index in [2.05, 4.69) is 30.4 Å². The minimum Gasteiger partial charge on any atom is -0.465 e. The molecule has 0 radical (unpaired) electrons. The molecule has 0 saturated carbocycles. The van der Waals surface area contributed by atoms with Crippen LogP contribution in [0.15, 0.2) is 6.07 Å². The van der Waals surface area contributed by atoms with E-state index in [0.717, 1.165) is 13.2 Å². The molecule has 100 valence electrons. The van der Waals surface area contributed by atoms with Gasteiger partial charge in [-0.05, 0) is 0 Å². The fourth-order valence-corrected chi connectivity index (χ4v) is 1.39. The van der Waals surface area contributed by atoms with Crippen molar-refractivity contribution >= 4 is 21.9 Å². The van der Waals surface area contributed by atoms with Gasteiger partial charge in [-0.3, -0.25) is 0 Å². The van der Waals surface area contributed by atoms with Crippen LogP contribution in [0.1, 0.15) is 16.1 Å². The predicted octanol–water partition coefficient (Wildman–Crippen LogP) is 2.80. The van der Waals surface area contributed by atoms with Gasteiger partial charge in [-0.1, -0.05) is 15.9 Å². The Morgan fingerprint density at radius 2 is 2.11 bits per heavy atom. The molecule has 1 aromatic heterocycles. The van der Waals surface area contributed by atoms with Crippen LogP contribution in [-0.2, 0) is 10.1 Å². The SMILES string of the molecule is COC(=O)c1c(OC(F)(F)F)cc(CBr)nc1F. The van der Waals surface area contributed by atoms with Crippen LogP contribution in [0.25, 0.3) is 0 Å². The van der Waals surface area contributed by atoms with E-state index in [4.69, 9.17) is 0 Å². The molecule has 1 aromatic rings. The number of ether oxygens (including phenoxy) is 2. The molecular formula is C9H6BrF4NO3. The van der Waals surface area contributed by atoms with Crippen molar-refractivity contribution in [1.82, 2.24) is 4.98 Å². The van der Waals surface area contributed by atoms with Crippen molar-refractivity contribution in [3.05, 3.63) is 23.3 Å². The van der Waals surface area contributed by atoms with Crippen molar-refractivity contribution in [3.8, 4) is 5.75 Å². The van der Waals surface area contributed by atoms with Gasteiger partial charge in [0.15, 0.2) is 11.3 Å². The number of nitrogens with zero attached hydrogens (tertiary/aromatic N) is 1. The van der Waals surface area contributed by atoms with Crippen LogP contribution in [0.5, 0.6) is 5.75 Å². The summed E-state index contributed by atoms with van der Waals surface area (Å²) in [5.74, 6) is -3.69. The second-order valence-corrected chi connectivity index (χ2v) is 3.51. The second-order valence-electron chi connectivity index (χ2n) is 2.95. The summed E-state index contributed by atoms with van der Waals surface area (Å²) in [6.07, 6.45) is -5.06. The lowest BCUT2D eigenvalue weighted by atomic mass is 10.2. The highest BCUT2D eigenvalue weighted by molar-refractivity contribution is 9.08. The number of alkyl halides is 4. The first-order valence-corrected chi connectivity index (χ1v) is 5.50. The zero-order valence-corrected chi connectivity index (χ0v) is 10.4. The van der Waals surface area contributed by atoms with Crippen LogP contribution < -0.4 is 4.74 Å². The van der Waals surface area contributed by atoms with Crippen molar-refractivity contribution in [3.63, 3.8) is 0 Å². The van der Waals surface area contributed by atoms with Crippen LogP contribution in [0.2, 0.25) is 0 Å². The quantitative estimate of drug-likeness (QED) is 0.370. The van der Waals surface area contributed by atoms with E-state index in [1.165, 1.54) is 0 Å². The van der Waals surface area contributed by atoms with Crippen LogP contribution >= 0.6 is 15.9 Å². The molecule has 0 amide bonds. The number of carbonyl (C=O) groups is 1. The van der Waals surface area contributed by atoms with Gasteiger partial charge >= 0.3 is 12.3 Å². The Morgan fingerprint density at radius 1 is 1.50 bits per heavy atom. The van der Waals surface area contributed by atoms with Gasteiger partial charge in [-0.15, -0.1) is 13.2 Å². The summed E-state index contributed by atoms with van der Waals surface area (Å²) < 4.78 is 57.6. The molecule has 0 aliphatic heterocycles. The molecule has 0 bridgehead atoms. The second kappa shape index (κ2) is 5.51. The number of halogens is 5. The first-order chi connectivity index (χ1) is 8.28. The van der Waals surface area contributed by atoms with Gasteiger partial charge in [-0.2, -0.15) is 4.39 Å². The van der Waals surface area contributed by atoms with Crippen molar-refractivity contribution in [1.29, 1.82) is 0 Å². The number of rotatable bonds is 3. The van der Waals surface area contributed by atoms with Gasteiger partial charge in [0.05, 0.1) is 12.8 Å². The number of hydrogen-bond donors (Lipinski definition) is 0. The van der Waals surface area contributed by atoms with Crippen LogP contribution in [0, 0.1) is 5.95 Å². The summed E-state index contributed by atoms with van der Waals surface area (Å²) in [4.78, 5) is 14.5. The first kappa shape index (κ1) is 14.7. The topological polar surface area (TPSA) is 48.4 Å². The lowest BCUT2D eigenvalue weighted by Crippen LogP contribution is -2.21. The van der Waals surface area contributed by atoms with Gasteiger partial charge in [0.2, 0.25) is 5.95 Å². The molecule has 0 unspecified atom stereocenters. The normalized spacial score (nSPS) is 11.2. The molecule has 0 saturated heterocycles. The Morgan fingerprint density at radius 3 is 2.56 bits per heavy atom. The lowest BCUT2D eigenvalue weighted by Gasteiger charge is -2.13. The maximum atomic E-state index is 13.4. The molecule has 18 heavy (non-hydrogen) atoms. The molecule has 0 aliphatic carbocycles. The Kier molecular flexibility index (Phi) is 4.49. The van der Waals surface area contributed by atoms with E-state index in [9.17, 15) is 22.4 Å². The average molecular weight is 332 g/mol. The third kappa shape index (κ3) is 3.56. The van der Waals surface area contributed by atoms with Gasteiger partial charge in [0.1, 0.15) is 0 Å². The number of carbonyl (C=O) groups excluding carboxylic acids is 1. The van der Waals surface area contributed by atoms with Crippen molar-refractivity contribution in [2.45, 2.75) is 11.7 Å². The van der Waals surface area contributed by atoms with E-state index in [1.54, 1.807) is 0 Å². The van der Waals surface area contributed by atoms with Crippen LogP contribution in [0.3, 0.4) is 0 Å². The monoisotopic (exact) mass is 331 g/mol. The number of aromatic nitrogens is 1. The van der Waals surface area contributed by atoms with E-state index in [1.807, 2.05) is 0 Å². The Labute approximate surface area is 107 Å². The van der Waals surface area contributed by atoms with Crippen molar-refractivity contribution in [2.75, 3.05) is 7.11 Å². The number of methoxy groups -OCH3 is 1. The molecule has 1 heterocycles. The van der Waals surface area contributed by atoms with E-state index in [-0.39, 0.29) is 11.0 Å². The van der Waals surface area contributed by atoms with Crippen LogP contribution in [-0.4, -0.2) is 24.4 Å². The summed E-state index contributed by atoms with van der Waals surface area (Å²) >= 11 is 2.90. The predicted molar refractivity (Wildman–Crippen MR) is 54.8 cm³/mol. The maximum Gasteiger partial charge on any atom is 0.573 e. The molecule has 9 heteroatoms. The van der Waals surface area contributed by atoms with Gasteiger partial charge in [0, 0.05) is 11.4 Å². The average Bonchev–Trinajstić information content (AvgIpc) is 2.25. The summed E-state index contributed by atoms with van der Waals surface area (Å²) in [6.45, 7) is 0. The zero-order chi connectivity index (χ0) is 13.9. The Balaban J connectivity index is 3.34. The third-order valence-electron chi connectivity index (χ3n) is 1.74. The fourth-order valence-electron chi connectivity index (χ4n) is 1.10. The first-order valence-electron chi connectivity index (χ1n) is 4.38. The molecule has 0 aromatic carbocycles. The summed E-state index contributed by atoms with van der Waals surface area (Å²) in [7, 11) is 0.900. The van der Waals surface area contributed by atoms with Crippen molar-refractivity contribution in [2.24, 2.45) is 0 Å². The number of esters is 1. The minimum absolute atomic E-state index is 0.000407. The highest BCUT2D eigenvalue weighted by Gasteiger charge is 2.35. The minimum atomic E-state index is -5.06. The summed E-state index contributed by atoms with van der Waals surface area (Å²) in [5.41, 5.74) is -1.06. The molecule has 4 nitrogen and oxygen atoms in total. The molecule has 0 aliphatic rings. The van der Waals surface area contributed by atoms with Crippen LogP contribution in [0.4, 0.5) is 17.6 Å². The van der Waals surface area contributed by atoms with E-state index in [0.29, 0.717) is 0 Å². The van der Waals surface area contributed by atoms with Gasteiger partial charge in [-0.25, -0.2) is 9.78 Å². The Bertz CT molecular complexity index is 464.